The average Bonchev–Trinajstić information content (AvgIpc) is 2.29. The summed E-state index contributed by atoms with van der Waals surface area (Å²) in [6.45, 7) is 0. The van der Waals surface area contributed by atoms with Gasteiger partial charge in [0, 0.05) is 11.8 Å². The van der Waals surface area contributed by atoms with E-state index < -0.39 is 15.8 Å². The zero-order chi connectivity index (χ0) is 13.9. The van der Waals surface area contributed by atoms with Gasteiger partial charge in [0.15, 0.2) is 9.84 Å². The molecule has 5 nitrogen and oxygen atoms in total. The zero-order valence-corrected chi connectivity index (χ0v) is 11.3. The molecule has 1 aromatic rings. The summed E-state index contributed by atoms with van der Waals surface area (Å²) in [7, 11) is -2.33. The molecule has 7 heteroatoms. The van der Waals surface area contributed by atoms with Gasteiger partial charge in [0.2, 0.25) is 0 Å². The summed E-state index contributed by atoms with van der Waals surface area (Å²) in [6, 6.07) is 4.34. The Hall–Kier alpha value is -1.58. The average molecular weight is 288 g/mol. The Kier molecular flexibility index (Phi) is 4.33. The summed E-state index contributed by atoms with van der Waals surface area (Å²) in [4.78, 5) is 11.4. The van der Waals surface area contributed by atoms with E-state index in [4.69, 9.17) is 16.9 Å². The second kappa shape index (κ2) is 5.38. The highest BCUT2D eigenvalue weighted by Gasteiger charge is 2.21. The highest BCUT2D eigenvalue weighted by atomic mass is 35.5. The number of ether oxygens (including phenoxy) is 1. The molecule has 0 aliphatic rings. The number of sulfone groups is 1. The van der Waals surface area contributed by atoms with Crippen molar-refractivity contribution >= 4 is 27.4 Å². The Morgan fingerprint density at radius 3 is 2.56 bits per heavy atom. The van der Waals surface area contributed by atoms with E-state index in [1.165, 1.54) is 19.2 Å². The third kappa shape index (κ3) is 2.81. The predicted molar refractivity (Wildman–Crippen MR) is 65.2 cm³/mol. The van der Waals surface area contributed by atoms with E-state index in [0.717, 1.165) is 6.26 Å². The van der Waals surface area contributed by atoms with Crippen LogP contribution in [0, 0.1) is 11.3 Å². The number of nitrogens with zero attached hydrogens (tertiary/aromatic N) is 1. The van der Waals surface area contributed by atoms with Crippen LogP contribution in [0.3, 0.4) is 0 Å². The maximum atomic E-state index is 11.5. The Balaban J connectivity index is 3.58. The topological polar surface area (TPSA) is 84.2 Å². The number of benzene rings is 1. The van der Waals surface area contributed by atoms with Crippen LogP contribution in [0.4, 0.5) is 0 Å². The molecule has 0 saturated heterocycles. The van der Waals surface area contributed by atoms with Crippen molar-refractivity contribution in [2.45, 2.75) is 11.3 Å². The first-order chi connectivity index (χ1) is 8.32. The lowest BCUT2D eigenvalue weighted by Crippen LogP contribution is -2.08. The van der Waals surface area contributed by atoms with E-state index >= 15 is 0 Å². The van der Waals surface area contributed by atoms with Crippen molar-refractivity contribution < 1.29 is 17.9 Å². The summed E-state index contributed by atoms with van der Waals surface area (Å²) >= 11 is 5.96. The summed E-state index contributed by atoms with van der Waals surface area (Å²) < 4.78 is 27.6. The fourth-order valence-electron chi connectivity index (χ4n) is 1.46. The van der Waals surface area contributed by atoms with Crippen molar-refractivity contribution in [2.75, 3.05) is 13.4 Å². The molecule has 0 atom stereocenters. The third-order valence-electron chi connectivity index (χ3n) is 2.26. The Labute approximate surface area is 110 Å². The van der Waals surface area contributed by atoms with Gasteiger partial charge in [-0.2, -0.15) is 5.26 Å². The summed E-state index contributed by atoms with van der Waals surface area (Å²) in [5.74, 6) is -0.681. The summed E-state index contributed by atoms with van der Waals surface area (Å²) in [5.41, 5.74) is 0.154. The molecular weight excluding hydrogens is 278 g/mol. The molecule has 0 aliphatic carbocycles. The largest absolute Gasteiger partial charge is 0.465 e. The first-order valence-electron chi connectivity index (χ1n) is 4.79. The van der Waals surface area contributed by atoms with Gasteiger partial charge >= 0.3 is 5.97 Å². The SMILES string of the molecule is COC(=O)c1ccc(S(C)(=O)=O)c(CC#N)c1Cl. The maximum Gasteiger partial charge on any atom is 0.339 e. The van der Waals surface area contributed by atoms with Crippen molar-refractivity contribution in [3.8, 4) is 6.07 Å². The molecule has 96 valence electrons. The molecule has 0 amide bonds. The fraction of sp³-hybridized carbons (Fsp3) is 0.273. The third-order valence-corrected chi connectivity index (χ3v) is 3.87. The van der Waals surface area contributed by atoms with Gasteiger partial charge < -0.3 is 4.74 Å². The minimum absolute atomic E-state index is 0.0387. The van der Waals surface area contributed by atoms with E-state index in [2.05, 4.69) is 4.74 Å². The van der Waals surface area contributed by atoms with Crippen LogP contribution in [0.2, 0.25) is 5.02 Å². The number of rotatable bonds is 3. The molecule has 18 heavy (non-hydrogen) atoms. The molecule has 0 aliphatic heterocycles. The number of methoxy groups -OCH3 is 1. The van der Waals surface area contributed by atoms with Crippen LogP contribution in [-0.2, 0) is 21.0 Å². The van der Waals surface area contributed by atoms with Gasteiger partial charge in [0.1, 0.15) is 0 Å². The molecule has 0 saturated carbocycles. The van der Waals surface area contributed by atoms with Crippen LogP contribution in [-0.4, -0.2) is 27.8 Å². The molecule has 0 N–H and O–H groups in total. The Bertz CT molecular complexity index is 631. The van der Waals surface area contributed by atoms with Crippen LogP contribution >= 0.6 is 11.6 Å². The van der Waals surface area contributed by atoms with Crippen LogP contribution in [0.5, 0.6) is 0 Å². The van der Waals surface area contributed by atoms with Crippen molar-refractivity contribution in [1.82, 2.24) is 0 Å². The molecule has 1 rings (SSSR count). The summed E-state index contributed by atoms with van der Waals surface area (Å²) in [5, 5.41) is 8.64. The van der Waals surface area contributed by atoms with E-state index in [1.807, 2.05) is 6.07 Å². The summed E-state index contributed by atoms with van der Waals surface area (Å²) in [6.07, 6.45) is 0.809. The van der Waals surface area contributed by atoms with Crippen molar-refractivity contribution in [1.29, 1.82) is 5.26 Å². The molecule has 0 spiro atoms. The van der Waals surface area contributed by atoms with Crippen molar-refractivity contribution in [3.05, 3.63) is 28.3 Å². The highest BCUT2D eigenvalue weighted by molar-refractivity contribution is 7.90. The van der Waals surface area contributed by atoms with Gasteiger partial charge in [0.25, 0.3) is 0 Å². The maximum absolute atomic E-state index is 11.5. The Morgan fingerprint density at radius 1 is 1.50 bits per heavy atom. The zero-order valence-electron chi connectivity index (χ0n) is 9.73. The van der Waals surface area contributed by atoms with Gasteiger partial charge in [-0.1, -0.05) is 11.6 Å². The molecule has 0 unspecified atom stereocenters. The first kappa shape index (κ1) is 14.5. The number of esters is 1. The standard InChI is InChI=1S/C11H10ClNO4S/c1-17-11(14)8-3-4-9(18(2,15)16)7(5-6-13)10(8)12/h3-4H,5H2,1-2H3. The van der Waals surface area contributed by atoms with Gasteiger partial charge in [-0.05, 0) is 12.1 Å². The number of hydrogen-bond donors (Lipinski definition) is 0. The molecule has 0 fully saturated rings. The molecule has 0 radical (unpaired) electrons. The minimum atomic E-state index is -3.52. The quantitative estimate of drug-likeness (QED) is 0.788. The lowest BCUT2D eigenvalue weighted by atomic mass is 10.1. The van der Waals surface area contributed by atoms with Crippen LogP contribution in [0.15, 0.2) is 17.0 Å². The molecule has 0 aromatic heterocycles. The van der Waals surface area contributed by atoms with E-state index in [9.17, 15) is 13.2 Å². The van der Waals surface area contributed by atoms with E-state index in [1.54, 1.807) is 0 Å². The number of halogens is 1. The fourth-order valence-corrected chi connectivity index (χ4v) is 2.76. The molecule has 0 bridgehead atoms. The van der Waals surface area contributed by atoms with Gasteiger partial charge in [0.05, 0.1) is 35.1 Å². The van der Waals surface area contributed by atoms with Crippen LogP contribution in [0.25, 0.3) is 0 Å². The first-order valence-corrected chi connectivity index (χ1v) is 7.06. The van der Waals surface area contributed by atoms with Crippen LogP contribution in [0.1, 0.15) is 15.9 Å². The smallest absolute Gasteiger partial charge is 0.339 e. The minimum Gasteiger partial charge on any atom is -0.465 e. The van der Waals surface area contributed by atoms with E-state index in [0.29, 0.717) is 0 Å². The molecule has 1 aromatic carbocycles. The highest BCUT2D eigenvalue weighted by Crippen LogP contribution is 2.28. The number of carbonyl (C=O) groups is 1. The lowest BCUT2D eigenvalue weighted by Gasteiger charge is -2.10. The van der Waals surface area contributed by atoms with Crippen LogP contribution < -0.4 is 0 Å². The van der Waals surface area contributed by atoms with Gasteiger partial charge in [-0.25, -0.2) is 13.2 Å². The molecular formula is C11H10ClNO4S. The monoisotopic (exact) mass is 287 g/mol. The lowest BCUT2D eigenvalue weighted by molar-refractivity contribution is 0.0600. The Morgan fingerprint density at radius 2 is 2.11 bits per heavy atom. The van der Waals surface area contributed by atoms with Crippen molar-refractivity contribution in [3.63, 3.8) is 0 Å². The molecule has 0 heterocycles. The number of nitriles is 1. The predicted octanol–water partition coefficient (Wildman–Crippen LogP) is 1.60. The van der Waals surface area contributed by atoms with Crippen molar-refractivity contribution in [2.24, 2.45) is 0 Å². The van der Waals surface area contributed by atoms with Gasteiger partial charge in [-0.3, -0.25) is 0 Å². The normalized spacial score (nSPS) is 10.8. The second-order valence-corrected chi connectivity index (χ2v) is 5.86. The van der Waals surface area contributed by atoms with Gasteiger partial charge in [-0.15, -0.1) is 0 Å². The van der Waals surface area contributed by atoms with E-state index in [-0.39, 0.29) is 27.5 Å². The number of hydrogen-bond acceptors (Lipinski definition) is 5. The second-order valence-electron chi connectivity index (χ2n) is 3.50. The number of carbonyl (C=O) groups excluding carboxylic acids is 1.